The number of carbonyl (C=O) groups excluding carboxylic acids is 1. The molecule has 1 aromatic carbocycles. The monoisotopic (exact) mass is 387 g/mol. The highest BCUT2D eigenvalue weighted by molar-refractivity contribution is 6.01. The van der Waals surface area contributed by atoms with Crippen LogP contribution in [0.2, 0.25) is 0 Å². The summed E-state index contributed by atoms with van der Waals surface area (Å²) < 4.78 is 34.8. The van der Waals surface area contributed by atoms with Gasteiger partial charge in [0.05, 0.1) is 28.9 Å². The number of amides is 1. The normalized spacial score (nSPS) is 10.9. The van der Waals surface area contributed by atoms with Crippen molar-refractivity contribution in [2.45, 2.75) is 20.5 Å². The van der Waals surface area contributed by atoms with E-state index in [0.29, 0.717) is 16.8 Å². The van der Waals surface area contributed by atoms with E-state index in [1.54, 1.807) is 19.1 Å². The molecule has 0 aliphatic heterocycles. The molecule has 0 aliphatic carbocycles. The van der Waals surface area contributed by atoms with Crippen molar-refractivity contribution in [1.29, 1.82) is 0 Å². The summed E-state index contributed by atoms with van der Waals surface area (Å²) in [6.07, 6.45) is 1.50. The maximum absolute atomic E-state index is 13.9. The Kier molecular flexibility index (Phi) is 5.70. The number of halogens is 2. The number of rotatable bonds is 7. The zero-order chi connectivity index (χ0) is 20.3. The first kappa shape index (κ1) is 19.5. The molecule has 0 fully saturated rings. The SMILES string of the molecule is C=CCONC(=O)c1c(C)nn2c(OCc3c(F)cccc3F)cc(C)cc12. The Morgan fingerprint density at radius 3 is 2.68 bits per heavy atom. The van der Waals surface area contributed by atoms with E-state index in [4.69, 9.17) is 9.57 Å². The zero-order valence-electron chi connectivity index (χ0n) is 15.5. The average Bonchev–Trinajstić information content (AvgIpc) is 2.97. The van der Waals surface area contributed by atoms with Gasteiger partial charge >= 0.3 is 0 Å². The Hall–Kier alpha value is -3.26. The van der Waals surface area contributed by atoms with Gasteiger partial charge in [-0.3, -0.25) is 9.63 Å². The summed E-state index contributed by atoms with van der Waals surface area (Å²) in [5.74, 6) is -1.60. The van der Waals surface area contributed by atoms with E-state index in [2.05, 4.69) is 17.2 Å². The number of aryl methyl sites for hydroxylation is 2. The Balaban J connectivity index is 1.95. The van der Waals surface area contributed by atoms with Crippen LogP contribution in [-0.2, 0) is 11.4 Å². The quantitative estimate of drug-likeness (QED) is 0.382. The van der Waals surface area contributed by atoms with E-state index in [1.807, 2.05) is 6.92 Å². The van der Waals surface area contributed by atoms with E-state index in [-0.39, 0.29) is 24.7 Å². The number of nitrogens with zero attached hydrogens (tertiary/aromatic N) is 2. The highest BCUT2D eigenvalue weighted by Crippen LogP contribution is 2.24. The van der Waals surface area contributed by atoms with Crippen molar-refractivity contribution in [2.24, 2.45) is 0 Å². The lowest BCUT2D eigenvalue weighted by Crippen LogP contribution is -2.24. The summed E-state index contributed by atoms with van der Waals surface area (Å²) in [7, 11) is 0. The summed E-state index contributed by atoms with van der Waals surface area (Å²) in [5.41, 5.74) is 4.19. The highest BCUT2D eigenvalue weighted by atomic mass is 19.1. The number of ether oxygens (including phenoxy) is 1. The number of benzene rings is 1. The first-order valence-corrected chi connectivity index (χ1v) is 8.51. The van der Waals surface area contributed by atoms with Gasteiger partial charge in [-0.05, 0) is 37.6 Å². The van der Waals surface area contributed by atoms with Gasteiger partial charge in [0, 0.05) is 6.07 Å². The fraction of sp³-hybridized carbons (Fsp3) is 0.200. The van der Waals surface area contributed by atoms with Crippen molar-refractivity contribution in [3.63, 3.8) is 0 Å². The van der Waals surface area contributed by atoms with E-state index < -0.39 is 17.5 Å². The molecule has 0 unspecified atom stereocenters. The van der Waals surface area contributed by atoms with Crippen LogP contribution in [0.15, 0.2) is 43.0 Å². The summed E-state index contributed by atoms with van der Waals surface area (Å²) in [4.78, 5) is 17.4. The van der Waals surface area contributed by atoms with Crippen LogP contribution < -0.4 is 10.2 Å². The van der Waals surface area contributed by atoms with Gasteiger partial charge in [0.1, 0.15) is 18.2 Å². The van der Waals surface area contributed by atoms with Crippen molar-refractivity contribution in [3.8, 4) is 5.88 Å². The molecule has 6 nitrogen and oxygen atoms in total. The molecule has 2 heterocycles. The molecule has 0 spiro atoms. The number of hydroxylamine groups is 1. The zero-order valence-corrected chi connectivity index (χ0v) is 15.5. The molecular formula is C20H19F2N3O3. The van der Waals surface area contributed by atoms with Gasteiger partial charge in [0.2, 0.25) is 5.88 Å². The molecule has 0 saturated heterocycles. The van der Waals surface area contributed by atoms with Crippen molar-refractivity contribution in [1.82, 2.24) is 15.1 Å². The van der Waals surface area contributed by atoms with Gasteiger partial charge in [-0.1, -0.05) is 12.1 Å². The van der Waals surface area contributed by atoms with Gasteiger partial charge in [-0.2, -0.15) is 9.61 Å². The minimum Gasteiger partial charge on any atom is -0.473 e. The first-order chi connectivity index (χ1) is 13.4. The van der Waals surface area contributed by atoms with Crippen LogP contribution in [0.3, 0.4) is 0 Å². The van der Waals surface area contributed by atoms with Crippen LogP contribution in [0.4, 0.5) is 8.78 Å². The molecule has 3 rings (SSSR count). The molecule has 3 aromatic rings. The fourth-order valence-electron chi connectivity index (χ4n) is 2.78. The second-order valence-corrected chi connectivity index (χ2v) is 6.15. The molecule has 28 heavy (non-hydrogen) atoms. The smallest absolute Gasteiger partial charge is 0.278 e. The summed E-state index contributed by atoms with van der Waals surface area (Å²) >= 11 is 0. The lowest BCUT2D eigenvalue weighted by Gasteiger charge is -2.11. The molecule has 1 amide bonds. The Bertz CT molecular complexity index is 1030. The maximum Gasteiger partial charge on any atom is 0.278 e. The van der Waals surface area contributed by atoms with Gasteiger partial charge < -0.3 is 4.74 Å². The van der Waals surface area contributed by atoms with Gasteiger partial charge in [0.25, 0.3) is 5.91 Å². The minimum atomic E-state index is -0.694. The van der Waals surface area contributed by atoms with Crippen molar-refractivity contribution >= 4 is 11.4 Å². The second-order valence-electron chi connectivity index (χ2n) is 6.15. The summed E-state index contributed by atoms with van der Waals surface area (Å²) in [5, 5.41) is 4.33. The van der Waals surface area contributed by atoms with Crippen molar-refractivity contribution in [2.75, 3.05) is 6.61 Å². The Labute approximate surface area is 160 Å². The van der Waals surface area contributed by atoms with E-state index in [1.165, 1.54) is 16.7 Å². The topological polar surface area (TPSA) is 64.9 Å². The molecule has 1 N–H and O–H groups in total. The Morgan fingerprint density at radius 2 is 2.00 bits per heavy atom. The van der Waals surface area contributed by atoms with E-state index in [9.17, 15) is 13.6 Å². The van der Waals surface area contributed by atoms with E-state index in [0.717, 1.165) is 17.7 Å². The standard InChI is InChI=1S/C20H19F2N3O3/c1-4-8-28-24-20(26)19-13(3)23-25-17(19)9-12(2)10-18(25)27-11-14-15(21)6-5-7-16(14)22/h4-7,9-10H,1,8,11H2,2-3H3,(H,24,26). The van der Waals surface area contributed by atoms with Crippen LogP contribution in [-0.4, -0.2) is 22.1 Å². The number of pyridine rings is 1. The largest absolute Gasteiger partial charge is 0.473 e. The molecule has 8 heteroatoms. The molecule has 0 bridgehead atoms. The number of hydrogen-bond acceptors (Lipinski definition) is 4. The van der Waals surface area contributed by atoms with Crippen LogP contribution in [0.25, 0.3) is 5.52 Å². The molecule has 0 radical (unpaired) electrons. The fourth-order valence-corrected chi connectivity index (χ4v) is 2.78. The molecule has 146 valence electrons. The molecule has 0 saturated carbocycles. The third-order valence-electron chi connectivity index (χ3n) is 4.04. The molecular weight excluding hydrogens is 368 g/mol. The lowest BCUT2D eigenvalue weighted by atomic mass is 10.1. The molecule has 0 atom stereocenters. The molecule has 0 aliphatic rings. The number of fused-ring (bicyclic) bond motifs is 1. The second kappa shape index (κ2) is 8.18. The highest BCUT2D eigenvalue weighted by Gasteiger charge is 2.20. The number of aromatic nitrogens is 2. The lowest BCUT2D eigenvalue weighted by molar-refractivity contribution is 0.0422. The van der Waals surface area contributed by atoms with Crippen LogP contribution >= 0.6 is 0 Å². The van der Waals surface area contributed by atoms with Gasteiger partial charge in [-0.15, -0.1) is 6.58 Å². The number of carbonyl (C=O) groups is 1. The average molecular weight is 387 g/mol. The third kappa shape index (κ3) is 3.86. The number of hydrogen-bond donors (Lipinski definition) is 1. The third-order valence-corrected chi connectivity index (χ3v) is 4.04. The van der Waals surface area contributed by atoms with Gasteiger partial charge in [-0.25, -0.2) is 14.3 Å². The van der Waals surface area contributed by atoms with Gasteiger partial charge in [0.15, 0.2) is 0 Å². The Morgan fingerprint density at radius 1 is 1.29 bits per heavy atom. The first-order valence-electron chi connectivity index (χ1n) is 8.51. The summed E-state index contributed by atoms with van der Waals surface area (Å²) in [6, 6.07) is 7.05. The predicted molar refractivity (Wildman–Crippen MR) is 99.0 cm³/mol. The number of nitrogens with one attached hydrogen (secondary N) is 1. The van der Waals surface area contributed by atoms with Crippen molar-refractivity contribution in [3.05, 3.63) is 77.0 Å². The van der Waals surface area contributed by atoms with Crippen LogP contribution in [0.5, 0.6) is 5.88 Å². The van der Waals surface area contributed by atoms with Crippen LogP contribution in [0.1, 0.15) is 27.2 Å². The van der Waals surface area contributed by atoms with Crippen molar-refractivity contribution < 1.29 is 23.1 Å². The molecule has 2 aromatic heterocycles. The maximum atomic E-state index is 13.9. The summed E-state index contributed by atoms with van der Waals surface area (Å²) in [6.45, 7) is 6.83. The van der Waals surface area contributed by atoms with Crippen LogP contribution in [0, 0.1) is 25.5 Å². The minimum absolute atomic E-state index is 0.158. The van der Waals surface area contributed by atoms with E-state index >= 15 is 0 Å². The predicted octanol–water partition coefficient (Wildman–Crippen LogP) is 3.66.